The Morgan fingerprint density at radius 1 is 1.65 bits per heavy atom. The van der Waals surface area contributed by atoms with E-state index in [-0.39, 0.29) is 5.91 Å². The van der Waals surface area contributed by atoms with Gasteiger partial charge in [0.05, 0.1) is 12.6 Å². The second-order valence-corrected chi connectivity index (χ2v) is 4.33. The molecule has 0 bridgehead atoms. The van der Waals surface area contributed by atoms with Crippen molar-refractivity contribution < 1.29 is 9.53 Å². The summed E-state index contributed by atoms with van der Waals surface area (Å²) in [4.78, 5) is 15.5. The van der Waals surface area contributed by atoms with Crippen LogP contribution in [-0.2, 0) is 16.1 Å². The Bertz CT molecular complexity index is 346. The molecule has 0 radical (unpaired) electrons. The molecule has 1 fully saturated rings. The highest BCUT2D eigenvalue weighted by atomic mass is 16.5. The summed E-state index contributed by atoms with van der Waals surface area (Å²) in [6, 6.07) is 0. The number of amides is 1. The fourth-order valence-corrected chi connectivity index (χ4v) is 2.05. The van der Waals surface area contributed by atoms with E-state index in [1.807, 2.05) is 6.92 Å². The summed E-state index contributed by atoms with van der Waals surface area (Å²) in [6.07, 6.45) is 4.39. The van der Waals surface area contributed by atoms with Crippen LogP contribution in [0.15, 0.2) is 6.33 Å². The van der Waals surface area contributed by atoms with Gasteiger partial charge in [-0.1, -0.05) is 0 Å². The van der Waals surface area contributed by atoms with Crippen molar-refractivity contribution in [2.45, 2.75) is 38.8 Å². The molecular weight excluding hydrogens is 220 g/mol. The lowest BCUT2D eigenvalue weighted by Gasteiger charge is -2.34. The summed E-state index contributed by atoms with van der Waals surface area (Å²) < 4.78 is 5.45. The number of hydrogen-bond acceptors (Lipinski definition) is 4. The molecule has 2 rings (SSSR count). The lowest BCUT2D eigenvalue weighted by atomic mass is 9.80. The quantitative estimate of drug-likeness (QED) is 0.761. The monoisotopic (exact) mass is 238 g/mol. The Morgan fingerprint density at radius 2 is 2.47 bits per heavy atom. The standard InChI is InChI=1S/C11H18N4O2/c1-2-17-9-3-8(4-9)5-11(16)12-6-10-13-7-14-15-10/h7-9H,2-6H2,1H3,(H,12,16)(H,13,14,15). The molecule has 17 heavy (non-hydrogen) atoms. The van der Waals surface area contributed by atoms with Gasteiger partial charge in [0.15, 0.2) is 0 Å². The number of aromatic nitrogens is 3. The molecule has 2 N–H and O–H groups in total. The van der Waals surface area contributed by atoms with Crippen molar-refractivity contribution in [3.8, 4) is 0 Å². The Labute approximate surface area is 100 Å². The molecule has 0 atom stereocenters. The molecule has 0 unspecified atom stereocenters. The largest absolute Gasteiger partial charge is 0.378 e. The molecule has 1 aromatic rings. The second-order valence-electron chi connectivity index (χ2n) is 4.33. The molecule has 1 heterocycles. The molecule has 0 spiro atoms. The molecule has 1 saturated carbocycles. The summed E-state index contributed by atoms with van der Waals surface area (Å²) in [5.74, 6) is 1.22. The predicted octanol–water partition coefficient (Wildman–Crippen LogP) is 0.626. The first-order valence-electron chi connectivity index (χ1n) is 6.00. The van der Waals surface area contributed by atoms with E-state index in [9.17, 15) is 4.79 Å². The van der Waals surface area contributed by atoms with E-state index in [0.29, 0.717) is 30.8 Å². The molecule has 6 heteroatoms. The Hall–Kier alpha value is -1.43. The average Bonchev–Trinajstić information content (AvgIpc) is 2.76. The lowest BCUT2D eigenvalue weighted by molar-refractivity contribution is -0.124. The van der Waals surface area contributed by atoms with Crippen LogP contribution in [0.2, 0.25) is 0 Å². The van der Waals surface area contributed by atoms with E-state index in [2.05, 4.69) is 20.5 Å². The number of ether oxygens (including phenoxy) is 1. The summed E-state index contributed by atoms with van der Waals surface area (Å²) >= 11 is 0. The maximum atomic E-state index is 11.6. The van der Waals surface area contributed by atoms with Crippen LogP contribution in [0.4, 0.5) is 0 Å². The lowest BCUT2D eigenvalue weighted by Crippen LogP contribution is -2.35. The summed E-state index contributed by atoms with van der Waals surface area (Å²) in [7, 11) is 0. The maximum absolute atomic E-state index is 11.6. The third kappa shape index (κ3) is 3.52. The Kier molecular flexibility index (Phi) is 4.08. The zero-order chi connectivity index (χ0) is 12.1. The van der Waals surface area contributed by atoms with Crippen molar-refractivity contribution in [2.75, 3.05) is 6.61 Å². The van der Waals surface area contributed by atoms with Crippen LogP contribution in [0.5, 0.6) is 0 Å². The smallest absolute Gasteiger partial charge is 0.220 e. The SMILES string of the molecule is CCOC1CC(CC(=O)NCc2ncn[nH]2)C1. The van der Waals surface area contributed by atoms with E-state index in [4.69, 9.17) is 4.74 Å². The first kappa shape index (κ1) is 12.0. The highest BCUT2D eigenvalue weighted by Gasteiger charge is 2.30. The third-order valence-electron chi connectivity index (χ3n) is 2.99. The molecule has 0 saturated heterocycles. The van der Waals surface area contributed by atoms with Gasteiger partial charge in [-0.25, -0.2) is 4.98 Å². The summed E-state index contributed by atoms with van der Waals surface area (Å²) in [5.41, 5.74) is 0. The van der Waals surface area contributed by atoms with E-state index >= 15 is 0 Å². The van der Waals surface area contributed by atoms with Gasteiger partial charge in [0.1, 0.15) is 12.2 Å². The minimum atomic E-state index is 0.0707. The molecular formula is C11H18N4O2. The second kappa shape index (κ2) is 5.77. The zero-order valence-electron chi connectivity index (χ0n) is 9.98. The number of nitrogens with one attached hydrogen (secondary N) is 2. The topological polar surface area (TPSA) is 79.9 Å². The van der Waals surface area contributed by atoms with E-state index in [1.54, 1.807) is 0 Å². The molecule has 6 nitrogen and oxygen atoms in total. The number of hydrogen-bond donors (Lipinski definition) is 2. The van der Waals surface area contributed by atoms with E-state index in [0.717, 1.165) is 19.4 Å². The number of carbonyl (C=O) groups is 1. The van der Waals surface area contributed by atoms with Crippen molar-refractivity contribution in [2.24, 2.45) is 5.92 Å². The van der Waals surface area contributed by atoms with Crippen LogP contribution in [0.3, 0.4) is 0 Å². The van der Waals surface area contributed by atoms with Crippen molar-refractivity contribution >= 4 is 5.91 Å². The van der Waals surface area contributed by atoms with Gasteiger partial charge in [-0.15, -0.1) is 0 Å². The average molecular weight is 238 g/mol. The summed E-state index contributed by atoms with van der Waals surface area (Å²) in [6.45, 7) is 3.17. The van der Waals surface area contributed by atoms with E-state index in [1.165, 1.54) is 6.33 Å². The van der Waals surface area contributed by atoms with Crippen LogP contribution < -0.4 is 5.32 Å². The minimum absolute atomic E-state index is 0.0707. The number of H-pyrrole nitrogens is 1. The van der Waals surface area contributed by atoms with Crippen molar-refractivity contribution in [3.05, 3.63) is 12.2 Å². The van der Waals surface area contributed by atoms with Gasteiger partial charge in [0.2, 0.25) is 5.91 Å². The van der Waals surface area contributed by atoms with Crippen molar-refractivity contribution in [3.63, 3.8) is 0 Å². The maximum Gasteiger partial charge on any atom is 0.220 e. The zero-order valence-corrected chi connectivity index (χ0v) is 9.98. The van der Waals surface area contributed by atoms with Gasteiger partial charge < -0.3 is 10.1 Å². The Morgan fingerprint density at radius 3 is 3.12 bits per heavy atom. The first-order valence-corrected chi connectivity index (χ1v) is 6.00. The van der Waals surface area contributed by atoms with Crippen molar-refractivity contribution in [1.82, 2.24) is 20.5 Å². The van der Waals surface area contributed by atoms with Gasteiger partial charge in [0.25, 0.3) is 0 Å². The van der Waals surface area contributed by atoms with Gasteiger partial charge in [-0.3, -0.25) is 9.89 Å². The fraction of sp³-hybridized carbons (Fsp3) is 0.727. The normalized spacial score (nSPS) is 23.1. The van der Waals surface area contributed by atoms with Crippen LogP contribution in [0, 0.1) is 5.92 Å². The van der Waals surface area contributed by atoms with Gasteiger partial charge in [-0.05, 0) is 25.7 Å². The van der Waals surface area contributed by atoms with Gasteiger partial charge in [-0.2, -0.15) is 5.10 Å². The summed E-state index contributed by atoms with van der Waals surface area (Å²) in [5, 5.41) is 9.23. The van der Waals surface area contributed by atoms with Gasteiger partial charge in [0, 0.05) is 13.0 Å². The van der Waals surface area contributed by atoms with Crippen LogP contribution >= 0.6 is 0 Å². The van der Waals surface area contributed by atoms with Crippen molar-refractivity contribution in [1.29, 1.82) is 0 Å². The number of rotatable bonds is 6. The molecule has 1 aliphatic rings. The first-order chi connectivity index (χ1) is 8.28. The molecule has 94 valence electrons. The van der Waals surface area contributed by atoms with Crippen LogP contribution in [-0.4, -0.2) is 33.8 Å². The van der Waals surface area contributed by atoms with Crippen LogP contribution in [0.1, 0.15) is 32.0 Å². The van der Waals surface area contributed by atoms with E-state index < -0.39 is 0 Å². The highest BCUT2D eigenvalue weighted by molar-refractivity contribution is 5.76. The highest BCUT2D eigenvalue weighted by Crippen LogP contribution is 2.32. The minimum Gasteiger partial charge on any atom is -0.378 e. The molecule has 0 aliphatic heterocycles. The van der Waals surface area contributed by atoms with Gasteiger partial charge >= 0.3 is 0 Å². The molecule has 1 amide bonds. The molecule has 1 aliphatic carbocycles. The number of aromatic amines is 1. The van der Waals surface area contributed by atoms with Crippen LogP contribution in [0.25, 0.3) is 0 Å². The molecule has 1 aromatic heterocycles. The molecule has 0 aromatic carbocycles. The predicted molar refractivity (Wildman–Crippen MR) is 61.0 cm³/mol. The third-order valence-corrected chi connectivity index (χ3v) is 2.99. The fourth-order valence-electron chi connectivity index (χ4n) is 2.05. The Balaban J connectivity index is 1.59. The number of carbonyl (C=O) groups excluding carboxylic acids is 1. The number of nitrogens with zero attached hydrogens (tertiary/aromatic N) is 2.